The Kier molecular flexibility index (Phi) is 3.16. The average Bonchev–Trinajstić information content (AvgIpc) is 2.73. The Labute approximate surface area is 103 Å². The molecule has 3 rings (SSSR count). The lowest BCUT2D eigenvalue weighted by atomic mass is 9.94. The minimum Gasteiger partial charge on any atom is -0.330 e. The van der Waals surface area contributed by atoms with Gasteiger partial charge in [-0.1, -0.05) is 0 Å². The highest BCUT2D eigenvalue weighted by Crippen LogP contribution is 2.21. The fourth-order valence-electron chi connectivity index (χ4n) is 3.04. The third-order valence-corrected chi connectivity index (χ3v) is 4.14. The topological polar surface area (TPSA) is 55.9 Å². The van der Waals surface area contributed by atoms with Crippen molar-refractivity contribution in [3.05, 3.63) is 17.7 Å². The minimum atomic E-state index is 0.323. The predicted octanol–water partition coefficient (Wildman–Crippen LogP) is 0.699. The van der Waals surface area contributed by atoms with E-state index in [0.717, 1.165) is 44.8 Å². The van der Waals surface area contributed by atoms with Crippen molar-refractivity contribution in [1.29, 1.82) is 0 Å². The Morgan fingerprint density at radius 2 is 2.18 bits per heavy atom. The number of imidazole rings is 1. The molecule has 2 aliphatic heterocycles. The molecule has 4 nitrogen and oxygen atoms in total. The van der Waals surface area contributed by atoms with Crippen LogP contribution in [-0.2, 0) is 19.4 Å². The Balaban J connectivity index is 1.72. The number of aryl methyl sites for hydroxylation is 1. The summed E-state index contributed by atoms with van der Waals surface area (Å²) in [7, 11) is 0. The molecule has 1 aromatic rings. The standard InChI is InChI=1S/C13H22N4/c14-11-1-2-12-8-16-13(17(12)9-11)7-10-3-5-15-6-4-10/h8,10-11,15H,1-7,9,14H2. The van der Waals surface area contributed by atoms with E-state index in [1.807, 2.05) is 0 Å². The maximum Gasteiger partial charge on any atom is 0.109 e. The van der Waals surface area contributed by atoms with Gasteiger partial charge in [0.1, 0.15) is 5.82 Å². The Morgan fingerprint density at radius 1 is 1.35 bits per heavy atom. The fraction of sp³-hybridized carbons (Fsp3) is 0.769. The highest BCUT2D eigenvalue weighted by atomic mass is 15.1. The molecule has 94 valence electrons. The zero-order valence-corrected chi connectivity index (χ0v) is 10.4. The number of rotatable bonds is 2. The van der Waals surface area contributed by atoms with E-state index in [1.54, 1.807) is 0 Å². The predicted molar refractivity (Wildman–Crippen MR) is 67.8 cm³/mol. The van der Waals surface area contributed by atoms with Crippen molar-refractivity contribution < 1.29 is 0 Å². The molecule has 0 aliphatic carbocycles. The SMILES string of the molecule is NC1CCc2cnc(CC3CCNCC3)n2C1. The zero-order valence-electron chi connectivity index (χ0n) is 10.4. The number of fused-ring (bicyclic) bond motifs is 1. The highest BCUT2D eigenvalue weighted by Gasteiger charge is 2.21. The van der Waals surface area contributed by atoms with E-state index in [4.69, 9.17) is 5.73 Å². The van der Waals surface area contributed by atoms with Crippen molar-refractivity contribution in [3.63, 3.8) is 0 Å². The minimum absolute atomic E-state index is 0.323. The molecule has 1 fully saturated rings. The summed E-state index contributed by atoms with van der Waals surface area (Å²) in [6.07, 6.45) is 7.97. The smallest absolute Gasteiger partial charge is 0.109 e. The Morgan fingerprint density at radius 3 is 3.00 bits per heavy atom. The van der Waals surface area contributed by atoms with Crippen LogP contribution in [0.4, 0.5) is 0 Å². The first kappa shape index (κ1) is 11.2. The van der Waals surface area contributed by atoms with Crippen LogP contribution in [0.5, 0.6) is 0 Å². The molecule has 4 heteroatoms. The monoisotopic (exact) mass is 234 g/mol. The molecule has 0 bridgehead atoms. The van der Waals surface area contributed by atoms with Crippen molar-refractivity contribution in [2.24, 2.45) is 11.7 Å². The van der Waals surface area contributed by atoms with Gasteiger partial charge in [-0.2, -0.15) is 0 Å². The van der Waals surface area contributed by atoms with Crippen LogP contribution >= 0.6 is 0 Å². The number of nitrogens with one attached hydrogen (secondary N) is 1. The van der Waals surface area contributed by atoms with Gasteiger partial charge < -0.3 is 15.6 Å². The van der Waals surface area contributed by atoms with Crippen LogP contribution in [0.15, 0.2) is 6.20 Å². The van der Waals surface area contributed by atoms with Crippen LogP contribution in [0, 0.1) is 5.92 Å². The van der Waals surface area contributed by atoms with E-state index < -0.39 is 0 Å². The van der Waals surface area contributed by atoms with Gasteiger partial charge in [0, 0.05) is 30.9 Å². The van der Waals surface area contributed by atoms with Crippen LogP contribution in [0.1, 0.15) is 30.8 Å². The molecule has 0 aromatic carbocycles. The molecular formula is C13H22N4. The molecule has 0 saturated carbocycles. The van der Waals surface area contributed by atoms with Gasteiger partial charge in [-0.25, -0.2) is 4.98 Å². The van der Waals surface area contributed by atoms with Gasteiger partial charge >= 0.3 is 0 Å². The lowest BCUT2D eigenvalue weighted by Crippen LogP contribution is -2.33. The zero-order chi connectivity index (χ0) is 11.7. The second-order valence-electron chi connectivity index (χ2n) is 5.47. The number of aromatic nitrogens is 2. The molecule has 17 heavy (non-hydrogen) atoms. The second kappa shape index (κ2) is 4.78. The lowest BCUT2D eigenvalue weighted by Gasteiger charge is -2.25. The van der Waals surface area contributed by atoms with Gasteiger partial charge in [-0.15, -0.1) is 0 Å². The average molecular weight is 234 g/mol. The number of hydrogen-bond donors (Lipinski definition) is 2. The van der Waals surface area contributed by atoms with E-state index in [-0.39, 0.29) is 0 Å². The summed E-state index contributed by atoms with van der Waals surface area (Å²) in [5.41, 5.74) is 7.44. The number of piperidine rings is 1. The summed E-state index contributed by atoms with van der Waals surface area (Å²) >= 11 is 0. The van der Waals surface area contributed by atoms with Crippen LogP contribution in [0.3, 0.4) is 0 Å². The highest BCUT2D eigenvalue weighted by molar-refractivity contribution is 5.10. The molecule has 0 amide bonds. The van der Waals surface area contributed by atoms with Gasteiger partial charge in [0.15, 0.2) is 0 Å². The first-order chi connectivity index (χ1) is 8.33. The largest absolute Gasteiger partial charge is 0.330 e. The van der Waals surface area contributed by atoms with E-state index in [0.29, 0.717) is 6.04 Å². The maximum absolute atomic E-state index is 6.05. The first-order valence-electron chi connectivity index (χ1n) is 6.82. The summed E-state index contributed by atoms with van der Waals surface area (Å²) in [6, 6.07) is 0.323. The first-order valence-corrected chi connectivity index (χ1v) is 6.82. The summed E-state index contributed by atoms with van der Waals surface area (Å²) in [5, 5.41) is 3.42. The third-order valence-electron chi connectivity index (χ3n) is 4.14. The lowest BCUT2D eigenvalue weighted by molar-refractivity contribution is 0.356. The molecule has 1 unspecified atom stereocenters. The Bertz CT molecular complexity index is 379. The maximum atomic E-state index is 6.05. The van der Waals surface area contributed by atoms with E-state index in [2.05, 4.69) is 21.1 Å². The van der Waals surface area contributed by atoms with Crippen molar-refractivity contribution in [3.8, 4) is 0 Å². The Hall–Kier alpha value is -0.870. The van der Waals surface area contributed by atoms with Gasteiger partial charge in [0.2, 0.25) is 0 Å². The number of nitrogens with zero attached hydrogens (tertiary/aromatic N) is 2. The van der Waals surface area contributed by atoms with Gasteiger partial charge in [-0.3, -0.25) is 0 Å². The third kappa shape index (κ3) is 2.38. The molecule has 2 aliphatic rings. The molecule has 3 N–H and O–H groups in total. The second-order valence-corrected chi connectivity index (χ2v) is 5.47. The molecule has 3 heterocycles. The molecular weight excluding hydrogens is 212 g/mol. The van der Waals surface area contributed by atoms with Gasteiger partial charge in [-0.05, 0) is 44.7 Å². The quantitative estimate of drug-likeness (QED) is 0.792. The van der Waals surface area contributed by atoms with Crippen LogP contribution in [0.25, 0.3) is 0 Å². The van der Waals surface area contributed by atoms with E-state index >= 15 is 0 Å². The van der Waals surface area contributed by atoms with Crippen molar-refractivity contribution in [2.75, 3.05) is 13.1 Å². The molecule has 1 aromatic heterocycles. The van der Waals surface area contributed by atoms with E-state index in [9.17, 15) is 0 Å². The summed E-state index contributed by atoms with van der Waals surface area (Å²) in [5.74, 6) is 2.07. The molecule has 0 radical (unpaired) electrons. The van der Waals surface area contributed by atoms with Crippen LogP contribution < -0.4 is 11.1 Å². The summed E-state index contributed by atoms with van der Waals surface area (Å²) < 4.78 is 2.37. The van der Waals surface area contributed by atoms with Gasteiger partial charge in [0.25, 0.3) is 0 Å². The fourth-order valence-corrected chi connectivity index (χ4v) is 3.04. The molecule has 1 saturated heterocycles. The van der Waals surface area contributed by atoms with Crippen LogP contribution in [0.2, 0.25) is 0 Å². The van der Waals surface area contributed by atoms with E-state index in [1.165, 1.54) is 24.4 Å². The summed E-state index contributed by atoms with van der Waals surface area (Å²) in [6.45, 7) is 3.30. The number of hydrogen-bond acceptors (Lipinski definition) is 3. The normalized spacial score (nSPS) is 25.8. The van der Waals surface area contributed by atoms with Crippen molar-refractivity contribution in [2.45, 2.75) is 44.7 Å². The molecule has 0 spiro atoms. The summed E-state index contributed by atoms with van der Waals surface area (Å²) in [4.78, 5) is 4.61. The van der Waals surface area contributed by atoms with Gasteiger partial charge in [0.05, 0.1) is 0 Å². The molecule has 1 atom stereocenters. The van der Waals surface area contributed by atoms with Crippen molar-refractivity contribution >= 4 is 0 Å². The van der Waals surface area contributed by atoms with Crippen molar-refractivity contribution in [1.82, 2.24) is 14.9 Å². The van der Waals surface area contributed by atoms with Crippen LogP contribution in [-0.4, -0.2) is 28.7 Å². The number of nitrogens with two attached hydrogens (primary N) is 1.